The van der Waals surface area contributed by atoms with Crippen molar-refractivity contribution >= 4 is 39.9 Å². The molecule has 0 unspecified atom stereocenters. The molecule has 0 radical (unpaired) electrons. The molecule has 3 heterocycles. The van der Waals surface area contributed by atoms with Gasteiger partial charge in [-0.15, -0.1) is 11.3 Å². The Kier molecular flexibility index (Phi) is 5.41. The number of thiazole rings is 1. The summed E-state index contributed by atoms with van der Waals surface area (Å²) in [5.74, 6) is -0.421. The summed E-state index contributed by atoms with van der Waals surface area (Å²) in [7, 11) is 1.71. The van der Waals surface area contributed by atoms with Gasteiger partial charge in [0.1, 0.15) is 17.0 Å². The number of aromatic nitrogens is 5. The summed E-state index contributed by atoms with van der Waals surface area (Å²) >= 11 is 7.62. The van der Waals surface area contributed by atoms with Crippen LogP contribution in [-0.4, -0.2) is 30.3 Å². The normalized spacial score (nSPS) is 11.1. The molecule has 148 valence electrons. The number of aryl methyl sites for hydroxylation is 2. The van der Waals surface area contributed by atoms with Crippen LogP contribution in [0.5, 0.6) is 0 Å². The van der Waals surface area contributed by atoms with Gasteiger partial charge in [0.2, 0.25) is 0 Å². The van der Waals surface area contributed by atoms with Gasteiger partial charge in [-0.25, -0.2) is 9.97 Å². The van der Waals surface area contributed by atoms with E-state index in [4.69, 9.17) is 16.3 Å². The quantitative estimate of drug-likeness (QED) is 0.437. The van der Waals surface area contributed by atoms with Crippen molar-refractivity contribution in [1.82, 2.24) is 24.3 Å². The van der Waals surface area contributed by atoms with Crippen LogP contribution >= 0.6 is 22.9 Å². The maximum absolute atomic E-state index is 12.4. The van der Waals surface area contributed by atoms with Crippen molar-refractivity contribution in [3.05, 3.63) is 63.2 Å². The average molecular weight is 430 g/mol. The fourth-order valence-electron chi connectivity index (χ4n) is 2.80. The van der Waals surface area contributed by atoms with Crippen molar-refractivity contribution in [3.63, 3.8) is 0 Å². The molecule has 10 heteroatoms. The summed E-state index contributed by atoms with van der Waals surface area (Å²) in [6.45, 7) is 0.242. The van der Waals surface area contributed by atoms with Gasteiger partial charge in [0.25, 0.3) is 5.56 Å². The molecule has 29 heavy (non-hydrogen) atoms. The monoisotopic (exact) mass is 429 g/mol. The fourth-order valence-corrected chi connectivity index (χ4v) is 3.92. The molecular formula is C19H16ClN5O3S. The zero-order chi connectivity index (χ0) is 20.4. The van der Waals surface area contributed by atoms with Gasteiger partial charge in [0, 0.05) is 24.5 Å². The maximum Gasteiger partial charge on any atom is 0.307 e. The predicted molar refractivity (Wildman–Crippen MR) is 110 cm³/mol. The lowest BCUT2D eigenvalue weighted by molar-refractivity contribution is -0.145. The molecule has 0 aliphatic rings. The van der Waals surface area contributed by atoms with Gasteiger partial charge in [-0.3, -0.25) is 18.8 Å². The fraction of sp³-hybridized carbons (Fsp3) is 0.211. The Labute approximate surface area is 174 Å². The van der Waals surface area contributed by atoms with Crippen molar-refractivity contribution < 1.29 is 9.53 Å². The zero-order valence-corrected chi connectivity index (χ0v) is 17.0. The highest BCUT2D eigenvalue weighted by molar-refractivity contribution is 7.13. The van der Waals surface area contributed by atoms with E-state index in [1.807, 2.05) is 23.6 Å². The predicted octanol–water partition coefficient (Wildman–Crippen LogP) is 3.04. The van der Waals surface area contributed by atoms with Crippen LogP contribution in [-0.2, 0) is 29.7 Å². The van der Waals surface area contributed by atoms with Crippen LogP contribution in [0.4, 0.5) is 0 Å². The Bertz CT molecular complexity index is 1250. The maximum atomic E-state index is 12.4. The third kappa shape index (κ3) is 4.06. The van der Waals surface area contributed by atoms with E-state index in [1.165, 1.54) is 33.1 Å². The molecule has 0 bridgehead atoms. The van der Waals surface area contributed by atoms with Crippen molar-refractivity contribution in [3.8, 4) is 10.6 Å². The van der Waals surface area contributed by atoms with Crippen LogP contribution in [0.2, 0.25) is 5.02 Å². The molecule has 8 nitrogen and oxygen atoms in total. The van der Waals surface area contributed by atoms with Crippen LogP contribution < -0.4 is 5.56 Å². The number of hydrogen-bond donors (Lipinski definition) is 0. The van der Waals surface area contributed by atoms with Crippen molar-refractivity contribution in [1.29, 1.82) is 0 Å². The van der Waals surface area contributed by atoms with Gasteiger partial charge >= 0.3 is 5.97 Å². The molecule has 0 N–H and O–H groups in total. The second-order valence-electron chi connectivity index (χ2n) is 6.28. The number of fused-ring (bicyclic) bond motifs is 1. The molecule has 0 fully saturated rings. The number of carbonyl (C=O) groups excluding carboxylic acids is 1. The summed E-state index contributed by atoms with van der Waals surface area (Å²) in [4.78, 5) is 33.1. The van der Waals surface area contributed by atoms with E-state index in [1.54, 1.807) is 13.1 Å². The molecule has 0 atom stereocenters. The number of benzene rings is 1. The highest BCUT2D eigenvalue weighted by Crippen LogP contribution is 2.30. The summed E-state index contributed by atoms with van der Waals surface area (Å²) in [6.07, 6.45) is 2.93. The highest BCUT2D eigenvalue weighted by Gasteiger charge is 2.12. The standard InChI is InChI=1S/C19H16ClN5O3S/c1-24-17-14(8-22-24)19(27)25(11-21-17)7-6-16(26)28-9-12-10-29-18(23-12)13-4-2-3-5-15(13)20/h2-5,8,10-11H,6-7,9H2,1H3. The Morgan fingerprint density at radius 2 is 2.14 bits per heavy atom. The van der Waals surface area contributed by atoms with Crippen LogP contribution in [0.25, 0.3) is 21.6 Å². The topological polar surface area (TPSA) is 91.9 Å². The molecular weight excluding hydrogens is 414 g/mol. The van der Waals surface area contributed by atoms with Crippen LogP contribution in [0, 0.1) is 0 Å². The second-order valence-corrected chi connectivity index (χ2v) is 7.55. The van der Waals surface area contributed by atoms with Crippen LogP contribution in [0.1, 0.15) is 12.1 Å². The molecule has 0 spiro atoms. The Balaban J connectivity index is 1.35. The Morgan fingerprint density at radius 3 is 2.97 bits per heavy atom. The molecule has 1 aromatic carbocycles. The first-order valence-corrected chi connectivity index (χ1v) is 10.0. The summed E-state index contributed by atoms with van der Waals surface area (Å²) < 4.78 is 8.19. The minimum absolute atomic E-state index is 0.0505. The van der Waals surface area contributed by atoms with Crippen LogP contribution in [0.3, 0.4) is 0 Å². The number of esters is 1. The molecule has 0 saturated carbocycles. The van der Waals surface area contributed by atoms with Gasteiger partial charge < -0.3 is 4.74 Å². The van der Waals surface area contributed by atoms with Gasteiger partial charge in [-0.05, 0) is 6.07 Å². The van der Waals surface area contributed by atoms with E-state index in [9.17, 15) is 9.59 Å². The lowest BCUT2D eigenvalue weighted by Crippen LogP contribution is -2.22. The molecule has 3 aromatic heterocycles. The number of hydrogen-bond acceptors (Lipinski definition) is 7. The number of ether oxygens (including phenoxy) is 1. The molecule has 0 amide bonds. The first-order valence-electron chi connectivity index (χ1n) is 8.75. The summed E-state index contributed by atoms with van der Waals surface area (Å²) in [5, 5.41) is 7.65. The Morgan fingerprint density at radius 1 is 1.31 bits per heavy atom. The Hall–Kier alpha value is -3.04. The molecule has 0 aliphatic heterocycles. The van der Waals surface area contributed by atoms with Gasteiger partial charge in [-0.2, -0.15) is 5.10 Å². The van der Waals surface area contributed by atoms with Crippen LogP contribution in [0.15, 0.2) is 47.0 Å². The first-order chi connectivity index (χ1) is 14.0. The SMILES string of the molecule is Cn1ncc2c(=O)n(CCC(=O)OCc3csc(-c4ccccc4Cl)n3)cnc21. The van der Waals surface area contributed by atoms with Gasteiger partial charge in [0.05, 0.1) is 29.7 Å². The van der Waals surface area contributed by atoms with Crippen molar-refractivity contribution in [2.75, 3.05) is 0 Å². The van der Waals surface area contributed by atoms with E-state index in [0.29, 0.717) is 21.7 Å². The number of carbonyl (C=O) groups is 1. The largest absolute Gasteiger partial charge is 0.459 e. The lowest BCUT2D eigenvalue weighted by Gasteiger charge is -2.06. The molecule has 4 rings (SSSR count). The van der Waals surface area contributed by atoms with E-state index in [0.717, 1.165) is 10.6 Å². The van der Waals surface area contributed by atoms with E-state index < -0.39 is 5.97 Å². The minimum atomic E-state index is -0.421. The van der Waals surface area contributed by atoms with Gasteiger partial charge in [0.15, 0.2) is 5.65 Å². The molecule has 4 aromatic rings. The second kappa shape index (κ2) is 8.14. The average Bonchev–Trinajstić information content (AvgIpc) is 3.34. The smallest absolute Gasteiger partial charge is 0.307 e. The third-order valence-corrected chi connectivity index (χ3v) is 5.57. The lowest BCUT2D eigenvalue weighted by atomic mass is 10.2. The molecule has 0 saturated heterocycles. The minimum Gasteiger partial charge on any atom is -0.459 e. The van der Waals surface area contributed by atoms with Crippen molar-refractivity contribution in [2.24, 2.45) is 7.05 Å². The number of halogens is 1. The van der Waals surface area contributed by atoms with Gasteiger partial charge in [-0.1, -0.05) is 29.8 Å². The van der Waals surface area contributed by atoms with E-state index in [2.05, 4.69) is 15.1 Å². The zero-order valence-electron chi connectivity index (χ0n) is 15.4. The summed E-state index contributed by atoms with van der Waals surface area (Å²) in [5.41, 5.74) is 1.76. The summed E-state index contributed by atoms with van der Waals surface area (Å²) in [6, 6.07) is 7.44. The van der Waals surface area contributed by atoms with E-state index in [-0.39, 0.29) is 25.1 Å². The number of nitrogens with zero attached hydrogens (tertiary/aromatic N) is 5. The van der Waals surface area contributed by atoms with Crippen molar-refractivity contribution in [2.45, 2.75) is 19.6 Å². The number of rotatable bonds is 6. The third-order valence-electron chi connectivity index (χ3n) is 4.31. The molecule has 0 aliphatic carbocycles. The van der Waals surface area contributed by atoms with E-state index >= 15 is 0 Å². The highest BCUT2D eigenvalue weighted by atomic mass is 35.5. The first kappa shape index (κ1) is 19.3.